The first-order chi connectivity index (χ1) is 8.61. The van der Waals surface area contributed by atoms with Crippen LogP contribution in [0.3, 0.4) is 0 Å². The van der Waals surface area contributed by atoms with Crippen molar-refractivity contribution in [2.24, 2.45) is 0 Å². The smallest absolute Gasteiger partial charge is 0.307 e. The predicted octanol–water partition coefficient (Wildman–Crippen LogP) is 1.81. The van der Waals surface area contributed by atoms with Gasteiger partial charge in [-0.2, -0.15) is 11.8 Å². The Morgan fingerprint density at radius 1 is 1.39 bits per heavy atom. The molecule has 4 nitrogen and oxygen atoms in total. The van der Waals surface area contributed by atoms with Gasteiger partial charge in [-0.25, -0.2) is 0 Å². The number of aliphatic hydroxyl groups excluding tert-OH is 1. The number of hydrogen-bond donors (Lipinski definition) is 2. The third-order valence-electron chi connectivity index (χ3n) is 2.29. The van der Waals surface area contributed by atoms with Crippen molar-refractivity contribution in [3.63, 3.8) is 0 Å². The Balaban J connectivity index is 2.28. The number of hydrogen-bond acceptors (Lipinski definition) is 4. The topological polar surface area (TPSA) is 66.8 Å². The van der Waals surface area contributed by atoms with Crippen LogP contribution in [-0.4, -0.2) is 40.4 Å². The van der Waals surface area contributed by atoms with Gasteiger partial charge in [-0.05, 0) is 17.7 Å². The van der Waals surface area contributed by atoms with Gasteiger partial charge in [-0.1, -0.05) is 19.1 Å². The van der Waals surface area contributed by atoms with E-state index in [0.717, 1.165) is 17.1 Å². The Kier molecular flexibility index (Phi) is 6.60. The SMILES string of the molecule is CC(CO)SCCOc1ccc(CC(=O)O)cc1. The highest BCUT2D eigenvalue weighted by Gasteiger charge is 2.02. The summed E-state index contributed by atoms with van der Waals surface area (Å²) in [4.78, 5) is 10.5. The molecular formula is C13H18O4S. The van der Waals surface area contributed by atoms with Crippen LogP contribution in [-0.2, 0) is 11.2 Å². The number of thioether (sulfide) groups is 1. The van der Waals surface area contributed by atoms with E-state index in [0.29, 0.717) is 6.61 Å². The van der Waals surface area contributed by atoms with Crippen molar-refractivity contribution in [2.75, 3.05) is 19.0 Å². The van der Waals surface area contributed by atoms with Crippen molar-refractivity contribution in [2.45, 2.75) is 18.6 Å². The molecule has 0 fully saturated rings. The molecule has 1 unspecified atom stereocenters. The zero-order valence-corrected chi connectivity index (χ0v) is 11.2. The molecule has 1 aromatic rings. The summed E-state index contributed by atoms with van der Waals surface area (Å²) >= 11 is 1.65. The van der Waals surface area contributed by atoms with E-state index in [4.69, 9.17) is 14.9 Å². The summed E-state index contributed by atoms with van der Waals surface area (Å²) in [5, 5.41) is 17.7. The van der Waals surface area contributed by atoms with Gasteiger partial charge in [0.25, 0.3) is 0 Å². The van der Waals surface area contributed by atoms with Crippen LogP contribution in [0, 0.1) is 0 Å². The first-order valence-electron chi connectivity index (χ1n) is 5.78. The molecule has 0 bridgehead atoms. The van der Waals surface area contributed by atoms with E-state index >= 15 is 0 Å². The van der Waals surface area contributed by atoms with Gasteiger partial charge in [0.1, 0.15) is 5.75 Å². The van der Waals surface area contributed by atoms with E-state index in [1.165, 1.54) is 0 Å². The number of ether oxygens (including phenoxy) is 1. The molecule has 18 heavy (non-hydrogen) atoms. The maximum Gasteiger partial charge on any atom is 0.307 e. The lowest BCUT2D eigenvalue weighted by molar-refractivity contribution is -0.136. The Bertz CT molecular complexity index is 364. The molecule has 0 heterocycles. The summed E-state index contributed by atoms with van der Waals surface area (Å²) in [5.74, 6) is 0.720. The van der Waals surface area contributed by atoms with E-state index in [2.05, 4.69) is 0 Å². The highest BCUT2D eigenvalue weighted by atomic mass is 32.2. The number of carboxylic acid groups (broad SMARTS) is 1. The van der Waals surface area contributed by atoms with Crippen LogP contribution in [0.4, 0.5) is 0 Å². The highest BCUT2D eigenvalue weighted by Crippen LogP contribution is 2.14. The maximum absolute atomic E-state index is 10.5. The largest absolute Gasteiger partial charge is 0.493 e. The van der Waals surface area contributed by atoms with Gasteiger partial charge < -0.3 is 14.9 Å². The van der Waals surface area contributed by atoms with Crippen molar-refractivity contribution in [1.29, 1.82) is 0 Å². The third-order valence-corrected chi connectivity index (χ3v) is 3.41. The first kappa shape index (κ1) is 14.9. The number of carboxylic acids is 1. The van der Waals surface area contributed by atoms with E-state index in [-0.39, 0.29) is 18.3 Å². The number of benzene rings is 1. The molecule has 1 rings (SSSR count). The maximum atomic E-state index is 10.5. The quantitative estimate of drug-likeness (QED) is 0.705. The van der Waals surface area contributed by atoms with Crippen molar-refractivity contribution >= 4 is 17.7 Å². The fraction of sp³-hybridized carbons (Fsp3) is 0.462. The van der Waals surface area contributed by atoms with Crippen LogP contribution in [0.5, 0.6) is 5.75 Å². The normalized spacial score (nSPS) is 12.1. The monoisotopic (exact) mass is 270 g/mol. The molecule has 0 aromatic heterocycles. The zero-order valence-electron chi connectivity index (χ0n) is 10.3. The number of carbonyl (C=O) groups is 1. The standard InChI is InChI=1S/C13H18O4S/c1-10(9-14)18-7-6-17-12-4-2-11(3-5-12)8-13(15)16/h2-5,10,14H,6-9H2,1H3,(H,15,16). The summed E-state index contributed by atoms with van der Waals surface area (Å²) in [7, 11) is 0. The van der Waals surface area contributed by atoms with Gasteiger partial charge in [-0.3, -0.25) is 4.79 Å². The van der Waals surface area contributed by atoms with E-state index in [1.807, 2.05) is 6.92 Å². The second-order valence-corrected chi connectivity index (χ2v) is 5.47. The van der Waals surface area contributed by atoms with Crippen molar-refractivity contribution in [1.82, 2.24) is 0 Å². The van der Waals surface area contributed by atoms with Gasteiger partial charge in [0.05, 0.1) is 19.6 Å². The summed E-state index contributed by atoms with van der Waals surface area (Å²) in [6, 6.07) is 7.07. The molecule has 1 atom stereocenters. The molecule has 1 aromatic carbocycles. The molecule has 0 radical (unpaired) electrons. The Hall–Kier alpha value is -1.20. The van der Waals surface area contributed by atoms with Crippen LogP contribution in [0.25, 0.3) is 0 Å². The molecule has 0 aliphatic rings. The number of aliphatic carboxylic acids is 1. The summed E-state index contributed by atoms with van der Waals surface area (Å²) < 4.78 is 5.51. The lowest BCUT2D eigenvalue weighted by atomic mass is 10.1. The summed E-state index contributed by atoms with van der Waals surface area (Å²) in [6.07, 6.45) is 0.0319. The molecule has 0 aliphatic carbocycles. The van der Waals surface area contributed by atoms with Crippen LogP contribution in [0.2, 0.25) is 0 Å². The van der Waals surface area contributed by atoms with Gasteiger partial charge in [0, 0.05) is 11.0 Å². The average Bonchev–Trinajstić information content (AvgIpc) is 2.35. The second kappa shape index (κ2) is 8.00. The van der Waals surface area contributed by atoms with Gasteiger partial charge >= 0.3 is 5.97 Å². The van der Waals surface area contributed by atoms with Crippen LogP contribution >= 0.6 is 11.8 Å². The van der Waals surface area contributed by atoms with Gasteiger partial charge in [0.2, 0.25) is 0 Å². The lowest BCUT2D eigenvalue weighted by Gasteiger charge is -2.09. The highest BCUT2D eigenvalue weighted by molar-refractivity contribution is 7.99. The Morgan fingerprint density at radius 3 is 2.61 bits per heavy atom. The minimum atomic E-state index is -0.835. The molecule has 100 valence electrons. The van der Waals surface area contributed by atoms with Gasteiger partial charge in [-0.15, -0.1) is 0 Å². The fourth-order valence-corrected chi connectivity index (χ4v) is 2.03. The summed E-state index contributed by atoms with van der Waals surface area (Å²) in [6.45, 7) is 2.72. The Labute approximate surface area is 111 Å². The summed E-state index contributed by atoms with van der Waals surface area (Å²) in [5.41, 5.74) is 0.762. The molecule has 0 spiro atoms. The number of aliphatic hydroxyl groups is 1. The molecule has 0 saturated carbocycles. The van der Waals surface area contributed by atoms with Crippen LogP contribution in [0.1, 0.15) is 12.5 Å². The lowest BCUT2D eigenvalue weighted by Crippen LogP contribution is -2.07. The van der Waals surface area contributed by atoms with Crippen molar-refractivity contribution in [3.8, 4) is 5.75 Å². The van der Waals surface area contributed by atoms with E-state index < -0.39 is 5.97 Å². The van der Waals surface area contributed by atoms with Crippen molar-refractivity contribution < 1.29 is 19.7 Å². The molecule has 0 saturated heterocycles. The number of rotatable bonds is 8. The average molecular weight is 270 g/mol. The predicted molar refractivity (Wildman–Crippen MR) is 72.3 cm³/mol. The van der Waals surface area contributed by atoms with E-state index in [1.54, 1.807) is 36.0 Å². The first-order valence-corrected chi connectivity index (χ1v) is 6.82. The minimum Gasteiger partial charge on any atom is -0.493 e. The molecule has 2 N–H and O–H groups in total. The Morgan fingerprint density at radius 2 is 2.06 bits per heavy atom. The molecular weight excluding hydrogens is 252 g/mol. The van der Waals surface area contributed by atoms with Crippen LogP contribution in [0.15, 0.2) is 24.3 Å². The second-order valence-electron chi connectivity index (χ2n) is 3.93. The van der Waals surface area contributed by atoms with E-state index in [9.17, 15) is 4.79 Å². The molecule has 0 aliphatic heterocycles. The fourth-order valence-electron chi connectivity index (χ4n) is 1.34. The third kappa shape index (κ3) is 5.93. The van der Waals surface area contributed by atoms with Crippen molar-refractivity contribution in [3.05, 3.63) is 29.8 Å². The zero-order chi connectivity index (χ0) is 13.4. The minimum absolute atomic E-state index is 0.0319. The van der Waals surface area contributed by atoms with Crippen LogP contribution < -0.4 is 4.74 Å². The molecule has 5 heteroatoms. The molecule has 0 amide bonds. The van der Waals surface area contributed by atoms with Gasteiger partial charge in [0.15, 0.2) is 0 Å².